The van der Waals surface area contributed by atoms with Crippen molar-refractivity contribution >= 4 is 11.8 Å². The third-order valence-electron chi connectivity index (χ3n) is 5.03. The molecular formula is C19H26N2O2. The van der Waals surface area contributed by atoms with Gasteiger partial charge in [0.15, 0.2) is 0 Å². The molecule has 1 heterocycles. The molecule has 3 rings (SSSR count). The van der Waals surface area contributed by atoms with Gasteiger partial charge < -0.3 is 10.2 Å². The van der Waals surface area contributed by atoms with Crippen molar-refractivity contribution in [3.05, 3.63) is 35.4 Å². The first-order valence-corrected chi connectivity index (χ1v) is 8.79. The molecule has 0 radical (unpaired) electrons. The van der Waals surface area contributed by atoms with E-state index in [1.54, 1.807) is 0 Å². The van der Waals surface area contributed by atoms with Gasteiger partial charge in [0.2, 0.25) is 5.91 Å². The van der Waals surface area contributed by atoms with Crippen LogP contribution in [-0.2, 0) is 11.3 Å². The van der Waals surface area contributed by atoms with Gasteiger partial charge in [-0.25, -0.2) is 0 Å². The number of amides is 2. The van der Waals surface area contributed by atoms with Crippen molar-refractivity contribution in [2.45, 2.75) is 58.0 Å². The first-order chi connectivity index (χ1) is 11.1. The maximum Gasteiger partial charge on any atom is 0.251 e. The van der Waals surface area contributed by atoms with E-state index in [2.05, 4.69) is 12.2 Å². The van der Waals surface area contributed by atoms with E-state index >= 15 is 0 Å². The molecule has 1 aliphatic carbocycles. The van der Waals surface area contributed by atoms with Gasteiger partial charge in [-0.15, -0.1) is 0 Å². The molecule has 1 aliphatic heterocycles. The Hall–Kier alpha value is -1.84. The highest BCUT2D eigenvalue weighted by atomic mass is 16.2. The van der Waals surface area contributed by atoms with Gasteiger partial charge in [-0.3, -0.25) is 9.59 Å². The molecule has 1 N–H and O–H groups in total. The molecule has 1 saturated carbocycles. The Labute approximate surface area is 138 Å². The number of carbonyl (C=O) groups is 2. The second-order valence-corrected chi connectivity index (χ2v) is 7.06. The summed E-state index contributed by atoms with van der Waals surface area (Å²) in [6.45, 7) is 3.76. The Morgan fingerprint density at radius 1 is 1.22 bits per heavy atom. The molecule has 4 heteroatoms. The third kappa shape index (κ3) is 4.12. The van der Waals surface area contributed by atoms with Crippen LogP contribution in [0.1, 0.15) is 61.4 Å². The van der Waals surface area contributed by atoms with Crippen LogP contribution in [-0.4, -0.2) is 29.3 Å². The van der Waals surface area contributed by atoms with Gasteiger partial charge >= 0.3 is 0 Å². The summed E-state index contributed by atoms with van der Waals surface area (Å²) in [4.78, 5) is 25.9. The third-order valence-corrected chi connectivity index (χ3v) is 5.03. The smallest absolute Gasteiger partial charge is 0.251 e. The lowest BCUT2D eigenvalue weighted by Gasteiger charge is -2.27. The van der Waals surface area contributed by atoms with E-state index in [0.717, 1.165) is 31.4 Å². The summed E-state index contributed by atoms with van der Waals surface area (Å²) in [5, 5.41) is 3.16. The van der Waals surface area contributed by atoms with Crippen molar-refractivity contribution in [1.29, 1.82) is 0 Å². The molecule has 2 atom stereocenters. The number of nitrogens with zero attached hydrogens (tertiary/aromatic N) is 1. The number of rotatable bonds is 4. The van der Waals surface area contributed by atoms with E-state index in [-0.39, 0.29) is 11.8 Å². The number of benzene rings is 1. The zero-order valence-electron chi connectivity index (χ0n) is 13.9. The Balaban J connectivity index is 1.55. The molecule has 1 saturated heterocycles. The Kier molecular flexibility index (Phi) is 4.99. The Bertz CT molecular complexity index is 567. The number of nitrogens with one attached hydrogen (secondary N) is 1. The summed E-state index contributed by atoms with van der Waals surface area (Å²) >= 11 is 0. The maximum atomic E-state index is 12.4. The summed E-state index contributed by atoms with van der Waals surface area (Å²) < 4.78 is 0. The number of likely N-dealkylation sites (tertiary alicyclic amines) is 1. The average Bonchev–Trinajstić information content (AvgIpc) is 2.93. The largest absolute Gasteiger partial charge is 0.349 e. The first kappa shape index (κ1) is 16.0. The van der Waals surface area contributed by atoms with Gasteiger partial charge in [0.1, 0.15) is 0 Å². The van der Waals surface area contributed by atoms with Crippen molar-refractivity contribution < 1.29 is 9.59 Å². The number of hydrogen-bond acceptors (Lipinski definition) is 2. The van der Waals surface area contributed by atoms with Gasteiger partial charge in [-0.1, -0.05) is 31.9 Å². The highest BCUT2D eigenvalue weighted by Gasteiger charge is 2.22. The summed E-state index contributed by atoms with van der Waals surface area (Å²) in [6.07, 6.45) is 6.27. The predicted molar refractivity (Wildman–Crippen MR) is 90.0 cm³/mol. The van der Waals surface area contributed by atoms with E-state index in [9.17, 15) is 9.59 Å². The molecule has 0 aromatic heterocycles. The molecule has 2 unspecified atom stereocenters. The van der Waals surface area contributed by atoms with Crippen molar-refractivity contribution in [3.8, 4) is 0 Å². The summed E-state index contributed by atoms with van der Waals surface area (Å²) in [5.74, 6) is 0.959. The van der Waals surface area contributed by atoms with Crippen LogP contribution < -0.4 is 5.32 Å². The van der Waals surface area contributed by atoms with Gasteiger partial charge in [0.05, 0.1) is 0 Å². The molecule has 2 aliphatic rings. The highest BCUT2D eigenvalue weighted by Crippen LogP contribution is 2.23. The van der Waals surface area contributed by atoms with Crippen LogP contribution in [0.15, 0.2) is 24.3 Å². The average molecular weight is 314 g/mol. The lowest BCUT2D eigenvalue weighted by atomic mass is 9.87. The van der Waals surface area contributed by atoms with E-state index in [0.29, 0.717) is 30.5 Å². The second kappa shape index (κ2) is 7.16. The predicted octanol–water partition coefficient (Wildman–Crippen LogP) is 3.12. The van der Waals surface area contributed by atoms with Crippen LogP contribution in [0.5, 0.6) is 0 Å². The van der Waals surface area contributed by atoms with Gasteiger partial charge in [0.25, 0.3) is 5.91 Å². The van der Waals surface area contributed by atoms with Crippen LogP contribution in [0.2, 0.25) is 0 Å². The lowest BCUT2D eigenvalue weighted by Crippen LogP contribution is -2.37. The molecule has 0 bridgehead atoms. The van der Waals surface area contributed by atoms with Crippen LogP contribution in [0, 0.1) is 5.92 Å². The van der Waals surface area contributed by atoms with Crippen molar-refractivity contribution in [3.63, 3.8) is 0 Å². The molecule has 124 valence electrons. The van der Waals surface area contributed by atoms with Crippen molar-refractivity contribution in [2.24, 2.45) is 5.92 Å². The summed E-state index contributed by atoms with van der Waals surface area (Å²) in [7, 11) is 0. The van der Waals surface area contributed by atoms with E-state index in [1.165, 1.54) is 12.8 Å². The quantitative estimate of drug-likeness (QED) is 0.928. The van der Waals surface area contributed by atoms with Gasteiger partial charge in [-0.05, 0) is 42.9 Å². The Morgan fingerprint density at radius 3 is 2.65 bits per heavy atom. The first-order valence-electron chi connectivity index (χ1n) is 8.79. The SMILES string of the molecule is CC1CCCC(NC(=O)c2ccc(CN3CCCC3=O)cc2)C1. The lowest BCUT2D eigenvalue weighted by molar-refractivity contribution is -0.128. The van der Waals surface area contributed by atoms with Crippen molar-refractivity contribution in [2.75, 3.05) is 6.54 Å². The monoisotopic (exact) mass is 314 g/mol. The fourth-order valence-corrected chi connectivity index (χ4v) is 3.69. The molecule has 23 heavy (non-hydrogen) atoms. The minimum atomic E-state index is 0.0212. The summed E-state index contributed by atoms with van der Waals surface area (Å²) in [6, 6.07) is 7.98. The normalized spacial score (nSPS) is 24.7. The minimum absolute atomic E-state index is 0.0212. The molecular weight excluding hydrogens is 288 g/mol. The number of hydrogen-bond donors (Lipinski definition) is 1. The molecule has 2 amide bonds. The molecule has 1 aromatic carbocycles. The van der Waals surface area contributed by atoms with Gasteiger partial charge in [0, 0.05) is 31.1 Å². The van der Waals surface area contributed by atoms with Crippen LogP contribution in [0.25, 0.3) is 0 Å². The number of carbonyl (C=O) groups excluding carboxylic acids is 2. The Morgan fingerprint density at radius 2 is 2.00 bits per heavy atom. The van der Waals surface area contributed by atoms with E-state index in [4.69, 9.17) is 0 Å². The zero-order valence-corrected chi connectivity index (χ0v) is 13.9. The summed E-state index contributed by atoms with van der Waals surface area (Å²) in [5.41, 5.74) is 1.79. The second-order valence-electron chi connectivity index (χ2n) is 7.06. The van der Waals surface area contributed by atoms with Crippen LogP contribution >= 0.6 is 0 Å². The standard InChI is InChI=1S/C19H26N2O2/c1-14-4-2-5-17(12-14)20-19(23)16-9-7-15(8-10-16)13-21-11-3-6-18(21)22/h7-10,14,17H,2-6,11-13H2,1H3,(H,20,23). The molecule has 1 aromatic rings. The topological polar surface area (TPSA) is 49.4 Å². The maximum absolute atomic E-state index is 12.4. The minimum Gasteiger partial charge on any atom is -0.349 e. The molecule has 0 spiro atoms. The van der Waals surface area contributed by atoms with E-state index in [1.807, 2.05) is 29.2 Å². The fourth-order valence-electron chi connectivity index (χ4n) is 3.69. The van der Waals surface area contributed by atoms with Crippen LogP contribution in [0.4, 0.5) is 0 Å². The highest BCUT2D eigenvalue weighted by molar-refractivity contribution is 5.94. The van der Waals surface area contributed by atoms with E-state index < -0.39 is 0 Å². The van der Waals surface area contributed by atoms with Crippen molar-refractivity contribution in [1.82, 2.24) is 10.2 Å². The zero-order chi connectivity index (χ0) is 16.2. The van der Waals surface area contributed by atoms with Crippen LogP contribution in [0.3, 0.4) is 0 Å². The fraction of sp³-hybridized carbons (Fsp3) is 0.579. The molecule has 4 nitrogen and oxygen atoms in total. The molecule has 2 fully saturated rings. The van der Waals surface area contributed by atoms with Gasteiger partial charge in [-0.2, -0.15) is 0 Å².